The van der Waals surface area contributed by atoms with Gasteiger partial charge in [0.05, 0.1) is 18.8 Å². The second-order valence-corrected chi connectivity index (χ2v) is 9.62. The van der Waals surface area contributed by atoms with Crippen molar-refractivity contribution in [3.63, 3.8) is 0 Å². The van der Waals surface area contributed by atoms with Crippen molar-refractivity contribution in [2.45, 2.75) is 51.5 Å². The Labute approximate surface area is 171 Å². The van der Waals surface area contributed by atoms with E-state index in [4.69, 9.17) is 8.92 Å². The molecule has 162 valence electrons. The van der Waals surface area contributed by atoms with Crippen LogP contribution in [0, 0.1) is 0 Å². The number of carbonyl (C=O) groups is 2. The van der Waals surface area contributed by atoms with E-state index in [1.807, 2.05) is 30.3 Å². The zero-order valence-electron chi connectivity index (χ0n) is 17.1. The van der Waals surface area contributed by atoms with Crippen molar-refractivity contribution in [2.75, 3.05) is 19.3 Å². The van der Waals surface area contributed by atoms with Crippen molar-refractivity contribution in [2.24, 2.45) is 0 Å². The van der Waals surface area contributed by atoms with Gasteiger partial charge in [0.25, 0.3) is 10.1 Å². The first-order valence-electron chi connectivity index (χ1n) is 9.25. The molecule has 0 radical (unpaired) electrons. The molecule has 1 N–H and O–H groups in total. The van der Waals surface area contributed by atoms with E-state index in [-0.39, 0.29) is 26.1 Å². The van der Waals surface area contributed by atoms with Crippen molar-refractivity contribution < 1.29 is 32.0 Å². The first-order chi connectivity index (χ1) is 13.4. The van der Waals surface area contributed by atoms with Crippen LogP contribution in [0.3, 0.4) is 0 Å². The molecular weight excluding hydrogens is 400 g/mol. The summed E-state index contributed by atoms with van der Waals surface area (Å²) in [5.74, 6) is 0. The molecule has 2 atom stereocenters. The molecule has 0 aliphatic carbocycles. The van der Waals surface area contributed by atoms with Crippen LogP contribution in [0.1, 0.15) is 32.8 Å². The number of carboxylic acid groups (broad SMARTS) is 1. The molecule has 1 aliphatic heterocycles. The number of carbonyl (C=O) groups excluding carboxylic acids is 1. The minimum absolute atomic E-state index is 0.151. The fourth-order valence-electron chi connectivity index (χ4n) is 3.17. The fraction of sp³-hybridized carbons (Fsp3) is 0.579. The van der Waals surface area contributed by atoms with Crippen molar-refractivity contribution >= 4 is 22.3 Å². The third-order valence-electron chi connectivity index (χ3n) is 4.32. The second kappa shape index (κ2) is 9.00. The summed E-state index contributed by atoms with van der Waals surface area (Å²) in [6, 6.07) is 8.53. The molecule has 1 aromatic rings. The van der Waals surface area contributed by atoms with E-state index in [0.717, 1.165) is 16.7 Å². The highest BCUT2D eigenvalue weighted by molar-refractivity contribution is 7.86. The van der Waals surface area contributed by atoms with Gasteiger partial charge >= 0.3 is 12.2 Å². The Morgan fingerprint density at radius 3 is 2.38 bits per heavy atom. The van der Waals surface area contributed by atoms with Crippen molar-refractivity contribution in [3.8, 4) is 0 Å². The van der Waals surface area contributed by atoms with Gasteiger partial charge in [0.1, 0.15) is 11.7 Å². The minimum atomic E-state index is -3.87. The maximum Gasteiger partial charge on any atom is 0.410 e. The SMILES string of the molecule is CC(C)(C)OC(=O)N(Cc1ccccc1)[C@@H]1CCN(C(=O)O)C[C@H]1OS(C)(=O)=O. The Bertz CT molecular complexity index is 821. The molecule has 0 saturated carbocycles. The number of hydrogen-bond acceptors (Lipinski definition) is 6. The summed E-state index contributed by atoms with van der Waals surface area (Å²) in [4.78, 5) is 26.8. The summed E-state index contributed by atoms with van der Waals surface area (Å²) in [6.45, 7) is 5.38. The van der Waals surface area contributed by atoms with E-state index in [9.17, 15) is 23.1 Å². The Kier molecular flexibility index (Phi) is 7.12. The summed E-state index contributed by atoms with van der Waals surface area (Å²) >= 11 is 0. The second-order valence-electron chi connectivity index (χ2n) is 8.02. The van der Waals surface area contributed by atoms with Gasteiger partial charge in [-0.3, -0.25) is 9.08 Å². The molecule has 0 bridgehead atoms. The van der Waals surface area contributed by atoms with Crippen LogP contribution < -0.4 is 0 Å². The average molecular weight is 429 g/mol. The highest BCUT2D eigenvalue weighted by atomic mass is 32.2. The molecule has 10 heteroatoms. The summed E-state index contributed by atoms with van der Waals surface area (Å²) in [5.41, 5.74) is 0.0816. The van der Waals surface area contributed by atoms with Crippen LogP contribution in [0.15, 0.2) is 30.3 Å². The molecule has 1 fully saturated rings. The van der Waals surface area contributed by atoms with Crippen LogP contribution in [-0.2, 0) is 25.6 Å². The van der Waals surface area contributed by atoms with Crippen LogP contribution in [-0.4, -0.2) is 72.6 Å². The van der Waals surface area contributed by atoms with E-state index in [1.165, 1.54) is 4.90 Å². The molecule has 1 aliphatic rings. The normalized spacial score (nSPS) is 20.2. The Morgan fingerprint density at radius 2 is 1.86 bits per heavy atom. The lowest BCUT2D eigenvalue weighted by Crippen LogP contribution is -2.58. The molecule has 1 aromatic carbocycles. The lowest BCUT2D eigenvalue weighted by Gasteiger charge is -2.42. The van der Waals surface area contributed by atoms with Crippen molar-refractivity contribution in [1.82, 2.24) is 9.80 Å². The largest absolute Gasteiger partial charge is 0.465 e. The molecule has 2 rings (SSSR count). The highest BCUT2D eigenvalue weighted by Crippen LogP contribution is 2.25. The van der Waals surface area contributed by atoms with E-state index >= 15 is 0 Å². The van der Waals surface area contributed by atoms with Gasteiger partial charge in [-0.05, 0) is 32.8 Å². The smallest absolute Gasteiger partial charge is 0.410 e. The van der Waals surface area contributed by atoms with Gasteiger partial charge in [-0.1, -0.05) is 30.3 Å². The third kappa shape index (κ3) is 7.21. The van der Waals surface area contributed by atoms with Gasteiger partial charge in [-0.2, -0.15) is 8.42 Å². The van der Waals surface area contributed by atoms with Crippen molar-refractivity contribution in [3.05, 3.63) is 35.9 Å². The molecule has 1 saturated heterocycles. The highest BCUT2D eigenvalue weighted by Gasteiger charge is 2.41. The van der Waals surface area contributed by atoms with Crippen LogP contribution in [0.4, 0.5) is 9.59 Å². The van der Waals surface area contributed by atoms with Gasteiger partial charge in [-0.15, -0.1) is 0 Å². The third-order valence-corrected chi connectivity index (χ3v) is 4.91. The van der Waals surface area contributed by atoms with Crippen LogP contribution in [0.5, 0.6) is 0 Å². The van der Waals surface area contributed by atoms with E-state index < -0.39 is 40.1 Å². The van der Waals surface area contributed by atoms with Crippen LogP contribution >= 0.6 is 0 Å². The summed E-state index contributed by atoms with van der Waals surface area (Å²) in [5, 5.41) is 9.29. The Hall–Kier alpha value is -2.33. The number of rotatable bonds is 5. The van der Waals surface area contributed by atoms with Gasteiger partial charge in [-0.25, -0.2) is 9.59 Å². The number of benzene rings is 1. The lowest BCUT2D eigenvalue weighted by molar-refractivity contribution is -0.0225. The zero-order chi connectivity index (χ0) is 21.8. The van der Waals surface area contributed by atoms with Crippen LogP contribution in [0.25, 0.3) is 0 Å². The van der Waals surface area contributed by atoms with Crippen LogP contribution in [0.2, 0.25) is 0 Å². The van der Waals surface area contributed by atoms with E-state index in [0.29, 0.717) is 0 Å². The minimum Gasteiger partial charge on any atom is -0.465 e. The summed E-state index contributed by atoms with van der Waals surface area (Å²) in [7, 11) is -3.87. The Morgan fingerprint density at radius 1 is 1.24 bits per heavy atom. The summed E-state index contributed by atoms with van der Waals surface area (Å²) < 4.78 is 34.3. The number of likely N-dealkylation sites (tertiary alicyclic amines) is 1. The summed E-state index contributed by atoms with van der Waals surface area (Å²) in [6.07, 6.45) is -1.70. The number of piperidine rings is 1. The lowest BCUT2D eigenvalue weighted by atomic mass is 10.00. The average Bonchev–Trinajstić information content (AvgIpc) is 2.58. The van der Waals surface area contributed by atoms with Gasteiger partial charge < -0.3 is 14.7 Å². The van der Waals surface area contributed by atoms with Crippen molar-refractivity contribution in [1.29, 1.82) is 0 Å². The Balaban J connectivity index is 2.36. The molecule has 0 unspecified atom stereocenters. The van der Waals surface area contributed by atoms with Gasteiger partial charge in [0.2, 0.25) is 0 Å². The molecule has 0 aromatic heterocycles. The topological polar surface area (TPSA) is 113 Å². The first-order valence-corrected chi connectivity index (χ1v) is 11.1. The zero-order valence-corrected chi connectivity index (χ0v) is 17.9. The first kappa shape index (κ1) is 23.0. The standard InChI is InChI=1S/C19H28N2O7S/c1-19(2,3)27-18(24)21(12-14-8-6-5-7-9-14)15-10-11-20(17(22)23)13-16(15)28-29(4,25)26/h5-9,15-16H,10-13H2,1-4H3,(H,22,23)/t15-,16-/m1/s1. The van der Waals surface area contributed by atoms with Gasteiger partial charge in [0.15, 0.2) is 0 Å². The monoisotopic (exact) mass is 428 g/mol. The molecule has 0 spiro atoms. The fourth-order valence-corrected chi connectivity index (χ4v) is 3.81. The predicted molar refractivity (Wildman–Crippen MR) is 106 cm³/mol. The molecule has 29 heavy (non-hydrogen) atoms. The van der Waals surface area contributed by atoms with E-state index in [1.54, 1.807) is 20.8 Å². The quantitative estimate of drug-likeness (QED) is 0.717. The van der Waals surface area contributed by atoms with E-state index in [2.05, 4.69) is 0 Å². The molecular formula is C19H28N2O7S. The number of hydrogen-bond donors (Lipinski definition) is 1. The maximum absolute atomic E-state index is 13.0. The molecule has 2 amide bonds. The number of amides is 2. The maximum atomic E-state index is 13.0. The predicted octanol–water partition coefficient (Wildman–Crippen LogP) is 2.52. The van der Waals surface area contributed by atoms with Gasteiger partial charge in [0, 0.05) is 13.1 Å². The molecule has 1 heterocycles. The molecule has 9 nitrogen and oxygen atoms in total. The number of ether oxygens (including phenoxy) is 1. The number of nitrogens with zero attached hydrogens (tertiary/aromatic N) is 2.